The number of phenolic OH excluding ortho intramolecular Hbond substituents is 1. The van der Waals surface area contributed by atoms with Crippen molar-refractivity contribution in [1.29, 1.82) is 0 Å². The van der Waals surface area contributed by atoms with Crippen LogP contribution in [0.4, 0.5) is 17.1 Å². The number of aromatic hydroxyl groups is 1. The molecule has 2 amide bonds. The number of carbonyl (C=O) groups excluding carboxylic acids is 2. The Morgan fingerprint density at radius 1 is 0.900 bits per heavy atom. The maximum atomic E-state index is 12.3. The van der Waals surface area contributed by atoms with Crippen LogP contribution in [0.3, 0.4) is 0 Å². The Hall–Kier alpha value is -3.06. The van der Waals surface area contributed by atoms with Gasteiger partial charge < -0.3 is 20.2 Å². The van der Waals surface area contributed by atoms with Crippen LogP contribution >= 0.6 is 0 Å². The number of benzene rings is 2. The lowest BCUT2D eigenvalue weighted by molar-refractivity contribution is -0.117. The zero-order valence-corrected chi connectivity index (χ0v) is 17.1. The second-order valence-corrected chi connectivity index (χ2v) is 7.84. The number of rotatable bonds is 6. The molecule has 0 unspecified atom stereocenters. The third-order valence-corrected chi connectivity index (χ3v) is 5.78. The molecular weight excluding hydrogens is 380 g/mol. The van der Waals surface area contributed by atoms with E-state index in [0.29, 0.717) is 12.8 Å². The van der Waals surface area contributed by atoms with Gasteiger partial charge in [0.2, 0.25) is 11.8 Å². The first-order valence-electron chi connectivity index (χ1n) is 10.5. The van der Waals surface area contributed by atoms with Crippen LogP contribution in [0.25, 0.3) is 0 Å². The number of carbonyl (C=O) groups is 2. The molecule has 0 aromatic heterocycles. The summed E-state index contributed by atoms with van der Waals surface area (Å²) in [5, 5.41) is 12.4. The van der Waals surface area contributed by atoms with Gasteiger partial charge in [-0.15, -0.1) is 0 Å². The van der Waals surface area contributed by atoms with Crippen molar-refractivity contribution in [2.45, 2.75) is 19.3 Å². The number of hydrogen-bond donors (Lipinski definition) is 2. The minimum Gasteiger partial charge on any atom is -0.508 e. The Morgan fingerprint density at radius 3 is 2.20 bits per heavy atom. The maximum absolute atomic E-state index is 12.3. The fourth-order valence-corrected chi connectivity index (χ4v) is 4.02. The van der Waals surface area contributed by atoms with Crippen molar-refractivity contribution in [2.75, 3.05) is 54.4 Å². The number of phenols is 1. The molecule has 0 bridgehead atoms. The quantitative estimate of drug-likeness (QED) is 0.769. The molecule has 0 spiro atoms. The Morgan fingerprint density at radius 2 is 1.57 bits per heavy atom. The van der Waals surface area contributed by atoms with E-state index >= 15 is 0 Å². The van der Waals surface area contributed by atoms with Crippen molar-refractivity contribution in [2.24, 2.45) is 0 Å². The first-order chi connectivity index (χ1) is 14.6. The molecule has 2 aliphatic heterocycles. The fraction of sp³-hybridized carbons (Fsp3) is 0.391. The molecule has 0 saturated carbocycles. The van der Waals surface area contributed by atoms with Gasteiger partial charge in [-0.1, -0.05) is 0 Å². The van der Waals surface area contributed by atoms with Gasteiger partial charge in [0.15, 0.2) is 0 Å². The van der Waals surface area contributed by atoms with Crippen LogP contribution in [-0.2, 0) is 9.59 Å². The molecule has 0 atom stereocenters. The van der Waals surface area contributed by atoms with Crippen LogP contribution in [0.1, 0.15) is 19.3 Å². The second-order valence-electron chi connectivity index (χ2n) is 7.84. The highest BCUT2D eigenvalue weighted by Crippen LogP contribution is 2.23. The van der Waals surface area contributed by atoms with E-state index in [0.717, 1.165) is 62.8 Å². The SMILES string of the molecule is O=C(CCN1CCN(c2ccc(O)cc2)CC1)Nc1ccc(N2CCCC2=O)cc1. The Kier molecular flexibility index (Phi) is 6.18. The summed E-state index contributed by atoms with van der Waals surface area (Å²) in [5.41, 5.74) is 2.76. The van der Waals surface area contributed by atoms with E-state index in [4.69, 9.17) is 0 Å². The molecular formula is C23H28N4O3. The molecule has 4 rings (SSSR count). The predicted molar refractivity (Wildman–Crippen MR) is 118 cm³/mol. The van der Waals surface area contributed by atoms with Gasteiger partial charge in [-0.2, -0.15) is 0 Å². The van der Waals surface area contributed by atoms with Crippen LogP contribution in [-0.4, -0.2) is 61.1 Å². The van der Waals surface area contributed by atoms with E-state index in [1.807, 2.05) is 36.4 Å². The third-order valence-electron chi connectivity index (χ3n) is 5.78. The van der Waals surface area contributed by atoms with Gasteiger partial charge in [0.25, 0.3) is 0 Å². The molecule has 2 N–H and O–H groups in total. The summed E-state index contributed by atoms with van der Waals surface area (Å²) in [5.74, 6) is 0.445. The van der Waals surface area contributed by atoms with Crippen molar-refractivity contribution in [1.82, 2.24) is 4.90 Å². The third kappa shape index (κ3) is 4.91. The largest absolute Gasteiger partial charge is 0.508 e. The fourth-order valence-electron chi connectivity index (χ4n) is 4.02. The number of anilines is 3. The maximum Gasteiger partial charge on any atom is 0.227 e. The standard InChI is InChI=1S/C23H28N4O3/c28-21-9-7-19(8-10-21)26-16-14-25(15-17-26)13-11-22(29)24-18-3-5-20(6-4-18)27-12-1-2-23(27)30/h3-10,28H,1-2,11-17H2,(H,24,29). The van der Waals surface area contributed by atoms with E-state index in [2.05, 4.69) is 15.1 Å². The van der Waals surface area contributed by atoms with Gasteiger partial charge in [-0.05, 0) is 55.0 Å². The van der Waals surface area contributed by atoms with E-state index < -0.39 is 0 Å². The zero-order chi connectivity index (χ0) is 20.9. The Balaban J connectivity index is 1.20. The van der Waals surface area contributed by atoms with Gasteiger partial charge in [-0.25, -0.2) is 0 Å². The van der Waals surface area contributed by atoms with Crippen LogP contribution in [0.5, 0.6) is 5.75 Å². The summed E-state index contributed by atoms with van der Waals surface area (Å²) >= 11 is 0. The summed E-state index contributed by atoms with van der Waals surface area (Å²) in [6.45, 7) is 5.13. The molecule has 2 heterocycles. The number of nitrogens with zero attached hydrogens (tertiary/aromatic N) is 3. The molecule has 0 radical (unpaired) electrons. The monoisotopic (exact) mass is 408 g/mol. The van der Waals surface area contributed by atoms with E-state index in [9.17, 15) is 14.7 Å². The predicted octanol–water partition coefficient (Wildman–Crippen LogP) is 2.67. The van der Waals surface area contributed by atoms with E-state index in [1.165, 1.54) is 0 Å². The molecule has 2 aromatic rings. The molecule has 2 fully saturated rings. The first-order valence-corrected chi connectivity index (χ1v) is 10.5. The lowest BCUT2D eigenvalue weighted by Crippen LogP contribution is -2.47. The van der Waals surface area contributed by atoms with Crippen molar-refractivity contribution < 1.29 is 14.7 Å². The van der Waals surface area contributed by atoms with E-state index in [-0.39, 0.29) is 17.6 Å². The van der Waals surface area contributed by atoms with Crippen molar-refractivity contribution >= 4 is 28.9 Å². The number of nitrogens with one attached hydrogen (secondary N) is 1. The summed E-state index contributed by atoms with van der Waals surface area (Å²) in [6.07, 6.45) is 1.97. The highest BCUT2D eigenvalue weighted by atomic mass is 16.3. The summed E-state index contributed by atoms with van der Waals surface area (Å²) in [4.78, 5) is 30.5. The molecule has 2 aliphatic rings. The Labute approximate surface area is 176 Å². The second kappa shape index (κ2) is 9.17. The number of hydrogen-bond acceptors (Lipinski definition) is 5. The van der Waals surface area contributed by atoms with Crippen LogP contribution in [0, 0.1) is 0 Å². The van der Waals surface area contributed by atoms with Crippen molar-refractivity contribution in [3.63, 3.8) is 0 Å². The van der Waals surface area contributed by atoms with Gasteiger partial charge in [0.1, 0.15) is 5.75 Å². The highest BCUT2D eigenvalue weighted by molar-refractivity contribution is 5.96. The van der Waals surface area contributed by atoms with Crippen molar-refractivity contribution in [3.8, 4) is 5.75 Å². The number of piperazine rings is 1. The van der Waals surface area contributed by atoms with Gasteiger partial charge >= 0.3 is 0 Å². The first kappa shape index (κ1) is 20.2. The smallest absolute Gasteiger partial charge is 0.227 e. The molecule has 0 aliphatic carbocycles. The van der Waals surface area contributed by atoms with Gasteiger partial charge in [-0.3, -0.25) is 14.5 Å². The molecule has 7 heteroatoms. The minimum absolute atomic E-state index is 0.000892. The van der Waals surface area contributed by atoms with Crippen LogP contribution < -0.4 is 15.1 Å². The molecule has 7 nitrogen and oxygen atoms in total. The lowest BCUT2D eigenvalue weighted by atomic mass is 10.2. The normalized spacial score (nSPS) is 17.4. The molecule has 2 saturated heterocycles. The summed E-state index contributed by atoms with van der Waals surface area (Å²) < 4.78 is 0. The molecule has 30 heavy (non-hydrogen) atoms. The van der Waals surface area contributed by atoms with Crippen LogP contribution in [0.2, 0.25) is 0 Å². The highest BCUT2D eigenvalue weighted by Gasteiger charge is 2.21. The molecule has 2 aromatic carbocycles. The van der Waals surface area contributed by atoms with Crippen molar-refractivity contribution in [3.05, 3.63) is 48.5 Å². The summed E-state index contributed by atoms with van der Waals surface area (Å²) in [7, 11) is 0. The van der Waals surface area contributed by atoms with E-state index in [1.54, 1.807) is 17.0 Å². The minimum atomic E-state index is 0.000892. The Bertz CT molecular complexity index is 874. The van der Waals surface area contributed by atoms with Gasteiger partial charge in [0, 0.05) is 69.2 Å². The van der Waals surface area contributed by atoms with Gasteiger partial charge in [0.05, 0.1) is 0 Å². The van der Waals surface area contributed by atoms with Crippen LogP contribution in [0.15, 0.2) is 48.5 Å². The average Bonchev–Trinajstić information content (AvgIpc) is 3.20. The molecule has 158 valence electrons. The topological polar surface area (TPSA) is 76.1 Å². The summed E-state index contributed by atoms with van der Waals surface area (Å²) in [6, 6.07) is 14.8. The lowest BCUT2D eigenvalue weighted by Gasteiger charge is -2.36. The zero-order valence-electron chi connectivity index (χ0n) is 17.1. The average molecular weight is 409 g/mol. The number of amides is 2.